The van der Waals surface area contributed by atoms with Crippen molar-refractivity contribution in [3.63, 3.8) is 0 Å². The molecule has 272 valence electrons. The first-order chi connectivity index (χ1) is 28.7. The van der Waals surface area contributed by atoms with Gasteiger partial charge >= 0.3 is 0 Å². The Morgan fingerprint density at radius 1 is 0.379 bits per heavy atom. The Morgan fingerprint density at radius 3 is 1.66 bits per heavy atom. The van der Waals surface area contributed by atoms with Crippen LogP contribution in [0.2, 0.25) is 0 Å². The zero-order chi connectivity index (χ0) is 37.9. The van der Waals surface area contributed by atoms with E-state index in [1.807, 2.05) is 0 Å². The van der Waals surface area contributed by atoms with E-state index in [-0.39, 0.29) is 0 Å². The monoisotopic (exact) mass is 742 g/mol. The number of furan rings is 2. The van der Waals surface area contributed by atoms with Crippen LogP contribution in [-0.2, 0) is 6.42 Å². The first kappa shape index (κ1) is 31.6. The molecule has 4 aromatic heterocycles. The van der Waals surface area contributed by atoms with Crippen LogP contribution in [0.1, 0.15) is 17.7 Å². The molecule has 4 nitrogen and oxygen atoms in total. The third-order valence-corrected chi connectivity index (χ3v) is 12.4. The lowest BCUT2D eigenvalue weighted by Gasteiger charge is -2.13. The van der Waals surface area contributed by atoms with Crippen molar-refractivity contribution in [1.29, 1.82) is 0 Å². The number of aromatic nitrogens is 2. The average molecular weight is 743 g/mol. The summed E-state index contributed by atoms with van der Waals surface area (Å²) >= 11 is 0. The Bertz CT molecular complexity index is 3670. The summed E-state index contributed by atoms with van der Waals surface area (Å²) in [4.78, 5) is 0. The van der Waals surface area contributed by atoms with E-state index < -0.39 is 0 Å². The molecular formula is C54H34N2O2. The number of hydrogen-bond acceptors (Lipinski definition) is 2. The Hall–Kier alpha value is -7.56. The van der Waals surface area contributed by atoms with Gasteiger partial charge in [0.25, 0.3) is 0 Å². The molecule has 13 rings (SSSR count). The first-order valence-corrected chi connectivity index (χ1v) is 20.1. The third-order valence-electron chi connectivity index (χ3n) is 12.4. The number of rotatable bonds is 4. The maximum absolute atomic E-state index is 6.58. The van der Waals surface area contributed by atoms with Gasteiger partial charge in [0, 0.05) is 60.3 Å². The molecule has 0 radical (unpaired) electrons. The molecule has 58 heavy (non-hydrogen) atoms. The molecule has 0 unspecified atom stereocenters. The topological polar surface area (TPSA) is 36.1 Å². The van der Waals surface area contributed by atoms with Gasteiger partial charge in [-0.25, -0.2) is 0 Å². The molecule has 4 heteroatoms. The Labute approximate surface area is 333 Å². The van der Waals surface area contributed by atoms with Crippen LogP contribution < -0.4 is 0 Å². The van der Waals surface area contributed by atoms with Gasteiger partial charge < -0.3 is 18.0 Å². The summed E-state index contributed by atoms with van der Waals surface area (Å²) in [5.74, 6) is 0. The van der Waals surface area contributed by atoms with E-state index in [0.717, 1.165) is 79.2 Å². The molecule has 8 aromatic carbocycles. The predicted octanol–water partition coefficient (Wildman–Crippen LogP) is 14.8. The molecule has 1 aliphatic rings. The molecule has 0 atom stereocenters. The lowest BCUT2D eigenvalue weighted by molar-refractivity contribution is 0.663. The van der Waals surface area contributed by atoms with Gasteiger partial charge in [-0.15, -0.1) is 0 Å². The highest BCUT2D eigenvalue weighted by atomic mass is 16.3. The standard InChI is InChI=1S/C54H34N2O2/c1-3-11-33(12-4-1)34-19-23-47-41(29-34)42-30-35(20-24-48(42)55(47)37-13-5-2-6-14-37)36-21-25-49-43(31-36)53-51(57-49)27-28-52-54(53)44-32-38(22-26-50(44)58-52)56-45-17-9-7-15-39(45)40-16-8-10-18-46(40)56/h1-9,11-17,19-32H,10,18H2. The van der Waals surface area contributed by atoms with E-state index in [4.69, 9.17) is 8.83 Å². The van der Waals surface area contributed by atoms with Crippen molar-refractivity contribution in [2.75, 3.05) is 0 Å². The van der Waals surface area contributed by atoms with Crippen LogP contribution in [0.25, 0.3) is 116 Å². The molecule has 0 N–H and O–H groups in total. The van der Waals surface area contributed by atoms with E-state index in [2.05, 4.69) is 191 Å². The van der Waals surface area contributed by atoms with Gasteiger partial charge in [0.05, 0.1) is 16.6 Å². The van der Waals surface area contributed by atoms with Crippen molar-refractivity contribution < 1.29 is 8.83 Å². The molecule has 1 aliphatic carbocycles. The van der Waals surface area contributed by atoms with Gasteiger partial charge in [0.15, 0.2) is 0 Å². The Kier molecular flexibility index (Phi) is 6.53. The van der Waals surface area contributed by atoms with Crippen LogP contribution in [0.15, 0.2) is 185 Å². The largest absolute Gasteiger partial charge is 0.456 e. The maximum atomic E-state index is 6.58. The van der Waals surface area contributed by atoms with E-state index in [9.17, 15) is 0 Å². The summed E-state index contributed by atoms with van der Waals surface area (Å²) in [5, 5.41) is 8.09. The summed E-state index contributed by atoms with van der Waals surface area (Å²) in [6.45, 7) is 0. The summed E-state index contributed by atoms with van der Waals surface area (Å²) in [7, 11) is 0. The zero-order valence-corrected chi connectivity index (χ0v) is 31.4. The molecule has 0 saturated carbocycles. The molecule has 0 aliphatic heterocycles. The highest BCUT2D eigenvalue weighted by Gasteiger charge is 2.22. The second-order valence-electron chi connectivity index (χ2n) is 15.6. The van der Waals surface area contributed by atoms with Gasteiger partial charge in [0.1, 0.15) is 22.3 Å². The number of allylic oxidation sites excluding steroid dienone is 1. The van der Waals surface area contributed by atoms with Gasteiger partial charge in [0.2, 0.25) is 0 Å². The SMILES string of the molecule is C1=Cc2c(n(-c3ccc4oc5ccc6oc7ccc(-c8ccc9c(c8)c8cc(-c%10ccccc%10)ccc8n9-c8ccccc8)cc7c6c5c4c3)c3ccccc23)CC1. The minimum atomic E-state index is 0.858. The van der Waals surface area contributed by atoms with Crippen LogP contribution >= 0.6 is 0 Å². The van der Waals surface area contributed by atoms with E-state index >= 15 is 0 Å². The number of fused-ring (bicyclic) bond motifs is 13. The van der Waals surface area contributed by atoms with Crippen molar-refractivity contribution in [3.8, 4) is 33.6 Å². The summed E-state index contributed by atoms with van der Waals surface area (Å²) in [6.07, 6.45) is 6.64. The lowest BCUT2D eigenvalue weighted by Crippen LogP contribution is -2.02. The zero-order valence-electron chi connectivity index (χ0n) is 31.4. The number of benzene rings is 8. The molecule has 0 amide bonds. The highest BCUT2D eigenvalue weighted by Crippen LogP contribution is 2.44. The predicted molar refractivity (Wildman–Crippen MR) is 240 cm³/mol. The maximum Gasteiger partial charge on any atom is 0.136 e. The van der Waals surface area contributed by atoms with Gasteiger partial charge in [-0.05, 0) is 120 Å². The molecule has 0 spiro atoms. The van der Waals surface area contributed by atoms with Crippen LogP contribution in [0.5, 0.6) is 0 Å². The van der Waals surface area contributed by atoms with Gasteiger partial charge in [-0.1, -0.05) is 97.1 Å². The fraction of sp³-hybridized carbons (Fsp3) is 0.0370. The highest BCUT2D eigenvalue weighted by molar-refractivity contribution is 6.26. The van der Waals surface area contributed by atoms with Crippen molar-refractivity contribution in [2.45, 2.75) is 12.8 Å². The van der Waals surface area contributed by atoms with Crippen molar-refractivity contribution in [1.82, 2.24) is 9.13 Å². The summed E-state index contributed by atoms with van der Waals surface area (Å²) in [6, 6.07) is 61.2. The number of hydrogen-bond donors (Lipinski definition) is 0. The molecule has 12 aromatic rings. The van der Waals surface area contributed by atoms with Gasteiger partial charge in [-0.2, -0.15) is 0 Å². The summed E-state index contributed by atoms with van der Waals surface area (Å²) in [5.41, 5.74) is 16.8. The quantitative estimate of drug-likeness (QED) is 0.180. The Balaban J connectivity index is 1.02. The van der Waals surface area contributed by atoms with Crippen molar-refractivity contribution in [2.24, 2.45) is 0 Å². The average Bonchev–Trinajstić information content (AvgIpc) is 4.03. The van der Waals surface area contributed by atoms with Crippen LogP contribution in [0.4, 0.5) is 0 Å². The Morgan fingerprint density at radius 2 is 0.931 bits per heavy atom. The summed E-state index contributed by atoms with van der Waals surface area (Å²) < 4.78 is 18.0. The normalized spacial score (nSPS) is 13.0. The molecule has 0 saturated heterocycles. The van der Waals surface area contributed by atoms with E-state index in [1.165, 1.54) is 55.1 Å². The van der Waals surface area contributed by atoms with Crippen molar-refractivity contribution >= 4 is 82.7 Å². The molecule has 0 bridgehead atoms. The fourth-order valence-corrected chi connectivity index (χ4v) is 9.78. The number of para-hydroxylation sites is 2. The molecular weight excluding hydrogens is 709 g/mol. The van der Waals surface area contributed by atoms with Gasteiger partial charge in [-0.3, -0.25) is 0 Å². The second-order valence-corrected chi connectivity index (χ2v) is 15.6. The first-order valence-electron chi connectivity index (χ1n) is 20.1. The second kappa shape index (κ2) is 12.0. The molecule has 0 fully saturated rings. The smallest absolute Gasteiger partial charge is 0.136 e. The third kappa shape index (κ3) is 4.51. The van der Waals surface area contributed by atoms with E-state index in [1.54, 1.807) is 0 Å². The van der Waals surface area contributed by atoms with E-state index in [0.29, 0.717) is 0 Å². The minimum absolute atomic E-state index is 0.858. The van der Waals surface area contributed by atoms with Crippen LogP contribution in [0.3, 0.4) is 0 Å². The molecule has 4 heterocycles. The lowest BCUT2D eigenvalue weighted by atomic mass is 9.98. The fourth-order valence-electron chi connectivity index (χ4n) is 9.78. The minimum Gasteiger partial charge on any atom is -0.456 e. The number of nitrogens with zero attached hydrogens (tertiary/aromatic N) is 2. The van der Waals surface area contributed by atoms with Crippen LogP contribution in [-0.4, -0.2) is 9.13 Å². The van der Waals surface area contributed by atoms with Crippen LogP contribution in [0, 0.1) is 0 Å². The van der Waals surface area contributed by atoms with Crippen molar-refractivity contribution in [3.05, 3.63) is 187 Å².